The molecule has 1 fully saturated rings. The molecule has 0 radical (unpaired) electrons. The van der Waals surface area contributed by atoms with E-state index in [1.807, 2.05) is 42.5 Å². The first-order valence-corrected chi connectivity index (χ1v) is 11.1. The summed E-state index contributed by atoms with van der Waals surface area (Å²) >= 11 is 0. The first-order valence-electron chi connectivity index (χ1n) is 11.1. The maximum Gasteiger partial charge on any atom is 0.321 e. The zero-order valence-electron chi connectivity index (χ0n) is 18.7. The van der Waals surface area contributed by atoms with Crippen LogP contribution >= 0.6 is 0 Å². The molecule has 0 aromatic heterocycles. The van der Waals surface area contributed by atoms with Gasteiger partial charge in [0.1, 0.15) is 5.75 Å². The maximum atomic E-state index is 13.1. The fraction of sp³-hybridized carbons (Fsp3) is 0.480. The predicted molar refractivity (Wildman–Crippen MR) is 116 cm³/mol. The number of hydrogen-bond acceptors (Lipinski definition) is 3. The van der Waals surface area contributed by atoms with Crippen LogP contribution in [0.2, 0.25) is 0 Å². The van der Waals surface area contributed by atoms with Crippen LogP contribution in [0.3, 0.4) is 0 Å². The summed E-state index contributed by atoms with van der Waals surface area (Å²) in [5.74, 6) is -7.28. The highest BCUT2D eigenvalue weighted by molar-refractivity contribution is 5.83. The third-order valence-corrected chi connectivity index (χ3v) is 6.31. The summed E-state index contributed by atoms with van der Waals surface area (Å²) in [5.41, 5.74) is 4.22. The van der Waals surface area contributed by atoms with Gasteiger partial charge >= 0.3 is 5.92 Å². The second-order valence-corrected chi connectivity index (χ2v) is 9.19. The molecule has 1 unspecified atom stereocenters. The van der Waals surface area contributed by atoms with Crippen LogP contribution in [0.5, 0.6) is 5.75 Å². The van der Waals surface area contributed by atoms with Gasteiger partial charge in [0.25, 0.3) is 11.8 Å². The molecule has 1 heterocycles. The Balaban J connectivity index is 1.30. The molecule has 33 heavy (non-hydrogen) atoms. The smallest absolute Gasteiger partial charge is 0.321 e. The number of halogens is 4. The second kappa shape index (κ2) is 8.97. The monoisotopic (exact) mass is 464 g/mol. The van der Waals surface area contributed by atoms with Crippen LogP contribution in [0.4, 0.5) is 17.6 Å². The molecule has 2 atom stereocenters. The number of benzene rings is 2. The van der Waals surface area contributed by atoms with Crippen molar-refractivity contribution in [3.05, 3.63) is 64.7 Å². The molecule has 2 aromatic rings. The Morgan fingerprint density at radius 3 is 2.55 bits per heavy atom. The van der Waals surface area contributed by atoms with Gasteiger partial charge in [-0.25, -0.2) is 8.78 Å². The zero-order chi connectivity index (χ0) is 23.8. The summed E-state index contributed by atoms with van der Waals surface area (Å²) < 4.78 is 57.8. The lowest BCUT2D eigenvalue weighted by atomic mass is 9.98. The Labute approximate surface area is 190 Å². The molecule has 4 rings (SSSR count). The Kier molecular flexibility index (Phi) is 6.40. The fourth-order valence-electron chi connectivity index (χ4n) is 4.04. The molecule has 8 heteroatoms. The zero-order valence-corrected chi connectivity index (χ0v) is 18.7. The van der Waals surface area contributed by atoms with E-state index in [1.165, 1.54) is 11.1 Å². The molecule has 0 saturated heterocycles. The van der Waals surface area contributed by atoms with Gasteiger partial charge in [0, 0.05) is 33.0 Å². The number of alkyl halides is 4. The molecule has 1 aliphatic carbocycles. The average molecular weight is 465 g/mol. The molecule has 0 bridgehead atoms. The number of rotatable bonds is 8. The molecular formula is C25H28F4N2O2. The van der Waals surface area contributed by atoms with Crippen molar-refractivity contribution < 1.29 is 27.1 Å². The highest BCUT2D eigenvalue weighted by atomic mass is 19.3. The number of nitrogens with zero attached hydrogens (tertiary/aromatic N) is 1. The van der Waals surface area contributed by atoms with Crippen molar-refractivity contribution in [1.82, 2.24) is 10.2 Å². The van der Waals surface area contributed by atoms with E-state index in [9.17, 15) is 22.4 Å². The molecule has 1 aliphatic heterocycles. The second-order valence-electron chi connectivity index (χ2n) is 9.19. The highest BCUT2D eigenvalue weighted by Crippen LogP contribution is 2.48. The van der Waals surface area contributed by atoms with Gasteiger partial charge in [0.15, 0.2) is 0 Å². The number of amides is 1. The van der Waals surface area contributed by atoms with E-state index in [0.717, 1.165) is 37.2 Å². The first-order chi connectivity index (χ1) is 15.5. The van der Waals surface area contributed by atoms with Gasteiger partial charge in [-0.2, -0.15) is 8.78 Å². The first kappa shape index (κ1) is 23.5. The quantitative estimate of drug-likeness (QED) is 0.552. The Morgan fingerprint density at radius 1 is 1.21 bits per heavy atom. The average Bonchev–Trinajstić information content (AvgIpc) is 3.38. The summed E-state index contributed by atoms with van der Waals surface area (Å²) in [5, 5.41) is 2.33. The van der Waals surface area contributed by atoms with E-state index in [2.05, 4.69) is 10.2 Å². The number of carbonyl (C=O) groups is 1. The SMILES string of the molecule is C[C@H](NC(=O)C(C)(F)F)c1ccc(CN2CCc3cc(OCC4CC4(F)F)ccc3C2)cc1. The third kappa shape index (κ3) is 5.85. The Morgan fingerprint density at radius 2 is 1.91 bits per heavy atom. The Bertz CT molecular complexity index is 1000. The molecule has 178 valence electrons. The van der Waals surface area contributed by atoms with Crippen LogP contribution in [-0.4, -0.2) is 35.8 Å². The van der Waals surface area contributed by atoms with E-state index in [4.69, 9.17) is 4.74 Å². The molecule has 1 saturated carbocycles. The van der Waals surface area contributed by atoms with Gasteiger partial charge in [-0.3, -0.25) is 9.69 Å². The minimum atomic E-state index is -3.41. The Hall–Kier alpha value is -2.61. The van der Waals surface area contributed by atoms with Gasteiger partial charge < -0.3 is 10.1 Å². The molecule has 4 nitrogen and oxygen atoms in total. The molecule has 2 aromatic carbocycles. The third-order valence-electron chi connectivity index (χ3n) is 6.31. The summed E-state index contributed by atoms with van der Waals surface area (Å²) in [6.07, 6.45) is 0.759. The van der Waals surface area contributed by atoms with Gasteiger partial charge in [-0.1, -0.05) is 30.3 Å². The molecule has 1 N–H and O–H groups in total. The largest absolute Gasteiger partial charge is 0.493 e. The number of nitrogens with one attached hydrogen (secondary N) is 1. The number of fused-ring (bicyclic) bond motifs is 1. The molecular weight excluding hydrogens is 436 g/mol. The van der Waals surface area contributed by atoms with Crippen molar-refractivity contribution in [3.63, 3.8) is 0 Å². The van der Waals surface area contributed by atoms with Gasteiger partial charge in [-0.15, -0.1) is 0 Å². The van der Waals surface area contributed by atoms with Gasteiger partial charge in [-0.05, 0) is 47.7 Å². The lowest BCUT2D eigenvalue weighted by Gasteiger charge is -2.29. The van der Waals surface area contributed by atoms with Gasteiger partial charge in [0.05, 0.1) is 18.6 Å². The normalized spacial score (nSPS) is 20.6. The minimum absolute atomic E-state index is 0.0527. The van der Waals surface area contributed by atoms with E-state index in [-0.39, 0.29) is 13.0 Å². The highest BCUT2D eigenvalue weighted by Gasteiger charge is 2.57. The predicted octanol–water partition coefficient (Wildman–Crippen LogP) is 5.11. The van der Waals surface area contributed by atoms with Crippen molar-refractivity contribution in [2.75, 3.05) is 13.2 Å². The van der Waals surface area contributed by atoms with E-state index in [0.29, 0.717) is 12.7 Å². The topological polar surface area (TPSA) is 41.6 Å². The van der Waals surface area contributed by atoms with Crippen molar-refractivity contribution in [3.8, 4) is 5.75 Å². The summed E-state index contributed by atoms with van der Waals surface area (Å²) in [4.78, 5) is 13.8. The van der Waals surface area contributed by atoms with Crippen LogP contribution in [0.25, 0.3) is 0 Å². The number of ether oxygens (including phenoxy) is 1. The standard InChI is InChI=1S/C25H28F4N2O2/c1-16(30-23(32)24(2,26)27)18-5-3-17(4-6-18)13-31-10-9-19-11-22(8-7-20(19)14-31)33-15-21-12-25(21,28)29/h3-8,11,16,21H,9-10,12-15H2,1-2H3,(H,30,32)/t16-,21?/m0/s1. The molecule has 2 aliphatic rings. The van der Waals surface area contributed by atoms with Crippen LogP contribution in [0.15, 0.2) is 42.5 Å². The van der Waals surface area contributed by atoms with Crippen LogP contribution < -0.4 is 10.1 Å². The summed E-state index contributed by atoms with van der Waals surface area (Å²) in [7, 11) is 0. The van der Waals surface area contributed by atoms with Crippen LogP contribution in [0, 0.1) is 5.92 Å². The van der Waals surface area contributed by atoms with Crippen molar-refractivity contribution in [2.24, 2.45) is 5.92 Å². The lowest BCUT2D eigenvalue weighted by Crippen LogP contribution is -2.39. The number of hydrogen-bond donors (Lipinski definition) is 1. The van der Waals surface area contributed by atoms with Crippen molar-refractivity contribution in [2.45, 2.75) is 57.7 Å². The van der Waals surface area contributed by atoms with Crippen LogP contribution in [-0.2, 0) is 24.3 Å². The van der Waals surface area contributed by atoms with E-state index >= 15 is 0 Å². The number of carbonyl (C=O) groups excluding carboxylic acids is 1. The summed E-state index contributed by atoms with van der Waals surface area (Å²) in [6, 6.07) is 12.9. The molecule has 1 amide bonds. The fourth-order valence-corrected chi connectivity index (χ4v) is 4.04. The van der Waals surface area contributed by atoms with Crippen LogP contribution in [0.1, 0.15) is 48.6 Å². The summed E-state index contributed by atoms with van der Waals surface area (Å²) in [6.45, 7) is 4.68. The van der Waals surface area contributed by atoms with Crippen molar-refractivity contribution >= 4 is 5.91 Å². The minimum Gasteiger partial charge on any atom is -0.493 e. The van der Waals surface area contributed by atoms with Gasteiger partial charge in [0.2, 0.25) is 0 Å². The molecule has 0 spiro atoms. The van der Waals surface area contributed by atoms with Crippen molar-refractivity contribution in [1.29, 1.82) is 0 Å². The lowest BCUT2D eigenvalue weighted by molar-refractivity contribution is -0.143. The van der Waals surface area contributed by atoms with E-state index in [1.54, 1.807) is 6.92 Å². The van der Waals surface area contributed by atoms with E-state index < -0.39 is 29.7 Å². The maximum absolute atomic E-state index is 13.1.